The molecule has 0 radical (unpaired) electrons. The maximum atomic E-state index is 13.3. The summed E-state index contributed by atoms with van der Waals surface area (Å²) >= 11 is 0. The number of rotatable bonds is 26. The first kappa shape index (κ1) is 102. The fourth-order valence-corrected chi connectivity index (χ4v) is 28.3. The van der Waals surface area contributed by atoms with Crippen LogP contribution in [0.5, 0.6) is 0 Å². The minimum atomic E-state index is -0.178. The van der Waals surface area contributed by atoms with Gasteiger partial charge in [0.1, 0.15) is 5.82 Å². The van der Waals surface area contributed by atoms with Crippen molar-refractivity contribution in [3.63, 3.8) is 0 Å². The molecule has 18 aliphatic rings. The van der Waals surface area contributed by atoms with Crippen LogP contribution in [0, 0.1) is 74.3 Å². The first-order valence-corrected chi connectivity index (χ1v) is 53.8. The SMILES string of the molecule is C.C.C.C1=CC2C(Cc3ccccc3)CC1CN2CCc1c[nH]c2ccccc12.CCC1(C)CC2C=CC1N(CCCc1c[nH]c3ccccc13)C2.CCC1(C)CC2C=CC1N(CCc1c[nH]c3cc(F)ccc13)C2.CCC1(C)CC2C=CC1N(CCc1cc3ccccc3[nH]1)C2.CCC1(C)CC2C=CC1N(Cc1c[nH]c3ccccc13)C2.CCCC1(C)CC2C=CC1N(CCc1c[nH]c3ccccc13)C2. The van der Waals surface area contributed by atoms with Crippen molar-refractivity contribution in [3.05, 3.63) is 325 Å². The van der Waals surface area contributed by atoms with Crippen LogP contribution < -0.4 is 0 Å². The van der Waals surface area contributed by atoms with Gasteiger partial charge >= 0.3 is 0 Å². The highest BCUT2D eigenvalue weighted by molar-refractivity contribution is 5.86. The van der Waals surface area contributed by atoms with Gasteiger partial charge in [0.25, 0.3) is 0 Å². The number of nitrogens with zero attached hydrogens (tertiary/aromatic N) is 6. The van der Waals surface area contributed by atoms with Crippen molar-refractivity contribution in [2.45, 2.75) is 256 Å². The van der Waals surface area contributed by atoms with Crippen molar-refractivity contribution in [1.29, 1.82) is 0 Å². The van der Waals surface area contributed by atoms with Crippen LogP contribution in [0.1, 0.15) is 214 Å². The second kappa shape index (κ2) is 44.6. The van der Waals surface area contributed by atoms with Crippen molar-refractivity contribution >= 4 is 65.4 Å². The van der Waals surface area contributed by atoms with Gasteiger partial charge in [-0.25, -0.2) is 4.39 Å². The normalized spacial score (nSPS) is 29.1. The van der Waals surface area contributed by atoms with Crippen LogP contribution in [-0.4, -0.2) is 168 Å². The average Bonchev–Trinajstić information content (AvgIpc) is 1.65. The zero-order valence-electron chi connectivity index (χ0n) is 84.5. The summed E-state index contributed by atoms with van der Waals surface area (Å²) in [5, 5.41) is 8.03. The lowest BCUT2D eigenvalue weighted by Gasteiger charge is -2.53. The van der Waals surface area contributed by atoms with Crippen molar-refractivity contribution in [3.8, 4) is 0 Å². The van der Waals surface area contributed by atoms with Crippen LogP contribution in [0.3, 0.4) is 0 Å². The Morgan fingerprint density at radius 3 is 1.12 bits per heavy atom. The number of halogens is 1. The van der Waals surface area contributed by atoms with Crippen LogP contribution >= 0.6 is 0 Å². The van der Waals surface area contributed by atoms with Crippen LogP contribution in [-0.2, 0) is 45.1 Å². The predicted octanol–water partition coefficient (Wildman–Crippen LogP) is 29.5. The molecule has 12 aliphatic heterocycles. The summed E-state index contributed by atoms with van der Waals surface area (Å²) in [5.74, 6) is 5.06. The number of aromatic nitrogens is 6. The fraction of sp³-hybridized carbons (Fsp3) is 0.484. The molecule has 18 heterocycles. The Labute approximate surface area is 845 Å². The molecular weight excluding hydrogens is 1720 g/mol. The number of para-hydroxylation sites is 5. The lowest BCUT2D eigenvalue weighted by atomic mass is 9.65. The lowest BCUT2D eigenvalue weighted by molar-refractivity contribution is 0.0108. The molecule has 141 heavy (non-hydrogen) atoms. The molecule has 12 bridgehead atoms. The van der Waals surface area contributed by atoms with Gasteiger partial charge in [-0.2, -0.15) is 0 Å². The molecule has 12 nitrogen and oxygen atoms in total. The van der Waals surface area contributed by atoms with E-state index in [1.165, 1.54) is 242 Å². The van der Waals surface area contributed by atoms with Crippen molar-refractivity contribution < 1.29 is 4.39 Å². The van der Waals surface area contributed by atoms with Crippen LogP contribution in [0.15, 0.2) is 280 Å². The molecule has 18 unspecified atom stereocenters. The van der Waals surface area contributed by atoms with Gasteiger partial charge in [-0.3, -0.25) is 29.4 Å². The largest absolute Gasteiger partial charge is 0.361 e. The maximum Gasteiger partial charge on any atom is 0.125 e. The monoisotopic (exact) mass is 1890 g/mol. The Morgan fingerprint density at radius 1 is 0.319 bits per heavy atom. The Bertz CT molecular complexity index is 6420. The Morgan fingerprint density at radius 2 is 0.674 bits per heavy atom. The smallest absolute Gasteiger partial charge is 0.125 e. The second-order valence-electron chi connectivity index (χ2n) is 45.6. The minimum absolute atomic E-state index is 0. The lowest BCUT2D eigenvalue weighted by Crippen LogP contribution is -2.55. The molecular formula is C128H169FN12. The van der Waals surface area contributed by atoms with Gasteiger partial charge in [0.15, 0.2) is 0 Å². The highest BCUT2D eigenvalue weighted by atomic mass is 19.1. The molecule has 748 valence electrons. The Balaban J connectivity index is 0.000000116. The number of hydrogen-bond donors (Lipinski definition) is 6. The molecule has 0 amide bonds. The third-order valence-electron chi connectivity index (χ3n) is 36.3. The summed E-state index contributed by atoms with van der Waals surface area (Å²) in [7, 11) is 0. The molecule has 31 rings (SSSR count). The van der Waals surface area contributed by atoms with E-state index in [4.69, 9.17) is 0 Å². The van der Waals surface area contributed by atoms with Gasteiger partial charge in [0, 0.05) is 211 Å². The summed E-state index contributed by atoms with van der Waals surface area (Å²) in [6.45, 7) is 38.3. The van der Waals surface area contributed by atoms with Gasteiger partial charge in [0.05, 0.1) is 0 Å². The molecule has 6 aliphatic carbocycles. The summed E-state index contributed by atoms with van der Waals surface area (Å²) in [4.78, 5) is 36.7. The number of fused-ring (bicyclic) bond motifs is 18. The minimum Gasteiger partial charge on any atom is -0.361 e. The van der Waals surface area contributed by atoms with Gasteiger partial charge in [-0.15, -0.1) is 0 Å². The van der Waals surface area contributed by atoms with E-state index in [0.717, 1.165) is 98.3 Å². The maximum absolute atomic E-state index is 13.3. The molecule has 18 atom stereocenters. The number of nitrogens with one attached hydrogen (secondary N) is 6. The van der Waals surface area contributed by atoms with Crippen molar-refractivity contribution in [2.24, 2.45) is 68.5 Å². The predicted molar refractivity (Wildman–Crippen MR) is 598 cm³/mol. The van der Waals surface area contributed by atoms with E-state index >= 15 is 0 Å². The van der Waals surface area contributed by atoms with Gasteiger partial charge in [0.2, 0.25) is 0 Å². The molecule has 6 fully saturated rings. The number of aromatic amines is 6. The quantitative estimate of drug-likeness (QED) is 0.0301. The molecule has 13 heteroatoms. The van der Waals surface area contributed by atoms with E-state index in [9.17, 15) is 4.39 Å². The fourth-order valence-electron chi connectivity index (χ4n) is 28.3. The first-order chi connectivity index (χ1) is 67.2. The number of H-pyrrole nitrogens is 6. The number of piperidine rings is 6. The molecule has 6 saturated heterocycles. The molecule has 6 N–H and O–H groups in total. The van der Waals surface area contributed by atoms with Crippen LogP contribution in [0.2, 0.25) is 0 Å². The van der Waals surface area contributed by atoms with E-state index in [1.54, 1.807) is 12.1 Å². The van der Waals surface area contributed by atoms with Crippen molar-refractivity contribution in [1.82, 2.24) is 59.3 Å². The van der Waals surface area contributed by atoms with E-state index in [1.807, 2.05) is 12.3 Å². The topological polar surface area (TPSA) is 114 Å². The van der Waals surface area contributed by atoms with Gasteiger partial charge < -0.3 is 29.9 Å². The number of aryl methyl sites for hydroxylation is 1. The van der Waals surface area contributed by atoms with Gasteiger partial charge in [-0.1, -0.05) is 292 Å². The highest BCUT2D eigenvalue weighted by Crippen LogP contribution is 2.52. The summed E-state index contributed by atoms with van der Waals surface area (Å²) in [6.07, 6.45) is 64.3. The summed E-state index contributed by atoms with van der Waals surface area (Å²) in [6, 6.07) is 65.2. The zero-order valence-corrected chi connectivity index (χ0v) is 84.5. The summed E-state index contributed by atoms with van der Waals surface area (Å²) < 4.78 is 13.3. The first-order valence-electron chi connectivity index (χ1n) is 53.8. The average molecular weight is 1890 g/mol. The Kier molecular flexibility index (Phi) is 32.4. The number of hydrogen-bond acceptors (Lipinski definition) is 6. The summed E-state index contributed by atoms with van der Waals surface area (Å²) in [5.41, 5.74) is 19.5. The highest BCUT2D eigenvalue weighted by Gasteiger charge is 2.50. The molecule has 13 aromatic rings. The van der Waals surface area contributed by atoms with Crippen molar-refractivity contribution in [2.75, 3.05) is 72.0 Å². The van der Waals surface area contributed by atoms with E-state index in [-0.39, 0.29) is 28.1 Å². The Hall–Kier alpha value is -10.1. The van der Waals surface area contributed by atoms with E-state index in [2.05, 4.69) is 384 Å². The number of benzene rings is 7. The van der Waals surface area contributed by atoms with Crippen LogP contribution in [0.4, 0.5) is 4.39 Å². The molecule has 6 aromatic heterocycles. The van der Waals surface area contributed by atoms with Crippen LogP contribution in [0.25, 0.3) is 65.4 Å². The standard InChI is InChI=1S/C24H26N2.2C21H28N2.C20H25FN2.C20H26N2.C19H24N2.3CH4/c1-2-6-18(7-3-1)14-21-15-19-10-11-24(21)26(17-19)13-12-20-16-25-23-9-5-4-8-22(20)23;1-3-21(2)13-16-10-11-20(21)23(15-16)12-6-7-17-14-22-19-9-5-4-8-18(17)19;1-3-11-21(2)13-16-8-9-20(21)23(15-16)12-10-17-14-22-19-7-5-4-6-18(17)19;1-3-20(2)11-14-4-7-19(20)23(13-14)9-8-15-12-22-18-10-16(21)5-6-17(15)18;1-3-20(2)13-15-8-9-19(20)22(14-15)11-10-17-12-16-6-4-5-7-18(16)21-17;1-3-19(2)10-14-8-9-18(19)21(12-14)13-15-11-20-17-7-5-4-6-16(15)17;;;/h1-11,16,19,21,24-25H,12-15,17H2;4-5,8-11,14,16,20,22H,3,6-7,12-13,15H2,1-2H3;4-9,14,16,20,22H,3,10-13,15H2,1-2H3;4-7,10,12,14,19,22H,3,8-9,11,13H2,1-2H3;4-9,12,15,19,21H,3,10-11,13-14H2,1-2H3;4-9,11,14,18,20H,3,10,12-13H2,1-2H3;3*1H4. The van der Waals surface area contributed by atoms with E-state index in [0.29, 0.717) is 69.2 Å². The molecule has 0 spiro atoms. The second-order valence-corrected chi connectivity index (χ2v) is 45.6. The molecule has 0 saturated carbocycles. The molecule has 7 aromatic carbocycles. The van der Waals surface area contributed by atoms with E-state index < -0.39 is 0 Å². The third kappa shape index (κ3) is 22.1. The zero-order chi connectivity index (χ0) is 94.7. The third-order valence-corrected chi connectivity index (χ3v) is 36.3. The van der Waals surface area contributed by atoms with Gasteiger partial charge in [-0.05, 0) is 278 Å².